The molecule has 184 valence electrons. The van der Waals surface area contributed by atoms with Crippen molar-refractivity contribution in [2.75, 3.05) is 32.2 Å². The summed E-state index contributed by atoms with van der Waals surface area (Å²) in [7, 11) is 1.53. The van der Waals surface area contributed by atoms with Gasteiger partial charge in [-0.15, -0.1) is 0 Å². The topological polar surface area (TPSA) is 70.7 Å². The van der Waals surface area contributed by atoms with Crippen LogP contribution in [0.2, 0.25) is 0 Å². The monoisotopic (exact) mass is 483 g/mol. The van der Waals surface area contributed by atoms with Gasteiger partial charge in [0, 0.05) is 19.6 Å². The van der Waals surface area contributed by atoms with E-state index in [4.69, 9.17) is 4.74 Å². The van der Waals surface area contributed by atoms with Crippen LogP contribution < -0.4 is 15.4 Å². The van der Waals surface area contributed by atoms with E-state index in [0.717, 1.165) is 30.3 Å². The summed E-state index contributed by atoms with van der Waals surface area (Å²) in [5.41, 5.74) is 2.76. The fourth-order valence-electron chi connectivity index (χ4n) is 4.34. The molecule has 0 bridgehead atoms. The van der Waals surface area contributed by atoms with Crippen LogP contribution >= 0.6 is 11.8 Å². The van der Waals surface area contributed by atoms with Crippen LogP contribution in [0.1, 0.15) is 47.7 Å². The van der Waals surface area contributed by atoms with E-state index in [1.165, 1.54) is 32.1 Å². The highest BCUT2D eigenvalue weighted by Crippen LogP contribution is 2.19. The standard InChI is InChI=1S/C27H37N3O3S/c1-20-7-6-15-30(18-20)19-22-12-10-21(11-13-22)17-28-27(32)24(14-16-34-3)29-26(31)23-8-4-5-9-25(23)33-2/h4-5,8-13,20,24H,6-7,14-19H2,1-3H3,(H,28,32)(H,29,31). The van der Waals surface area contributed by atoms with Crippen LogP contribution in [0.4, 0.5) is 0 Å². The molecule has 7 heteroatoms. The summed E-state index contributed by atoms with van der Waals surface area (Å²) in [4.78, 5) is 28.3. The SMILES string of the molecule is COc1ccccc1C(=O)NC(CCSC)C(=O)NCc1ccc(CN2CCCC(C)C2)cc1. The molecule has 0 spiro atoms. The van der Waals surface area contributed by atoms with Gasteiger partial charge in [0.2, 0.25) is 5.91 Å². The summed E-state index contributed by atoms with van der Waals surface area (Å²) in [6.45, 7) is 6.06. The molecule has 34 heavy (non-hydrogen) atoms. The van der Waals surface area contributed by atoms with E-state index in [0.29, 0.717) is 24.3 Å². The number of hydrogen-bond donors (Lipinski definition) is 2. The van der Waals surface area contributed by atoms with Crippen molar-refractivity contribution in [1.29, 1.82) is 0 Å². The Morgan fingerprint density at radius 2 is 1.88 bits per heavy atom. The largest absolute Gasteiger partial charge is 0.496 e. The molecule has 1 aliphatic rings. The number of piperidine rings is 1. The van der Waals surface area contributed by atoms with E-state index in [2.05, 4.69) is 46.7 Å². The van der Waals surface area contributed by atoms with Gasteiger partial charge in [-0.1, -0.05) is 43.3 Å². The molecule has 3 rings (SSSR count). The number of amides is 2. The maximum Gasteiger partial charge on any atom is 0.255 e. The van der Waals surface area contributed by atoms with E-state index < -0.39 is 6.04 Å². The Bertz CT molecular complexity index is 935. The highest BCUT2D eigenvalue weighted by atomic mass is 32.2. The first-order valence-electron chi connectivity index (χ1n) is 12.0. The van der Waals surface area contributed by atoms with E-state index in [1.807, 2.05) is 12.3 Å². The van der Waals surface area contributed by atoms with Crippen LogP contribution in [0.25, 0.3) is 0 Å². The van der Waals surface area contributed by atoms with Gasteiger partial charge in [0.1, 0.15) is 11.8 Å². The van der Waals surface area contributed by atoms with Crippen molar-refractivity contribution in [2.45, 2.75) is 45.3 Å². The quantitative estimate of drug-likeness (QED) is 0.504. The predicted octanol–water partition coefficient (Wildman–Crippen LogP) is 4.10. The van der Waals surface area contributed by atoms with Crippen molar-refractivity contribution in [3.8, 4) is 5.75 Å². The van der Waals surface area contributed by atoms with Crippen molar-refractivity contribution in [2.24, 2.45) is 5.92 Å². The summed E-state index contributed by atoms with van der Waals surface area (Å²) < 4.78 is 5.29. The summed E-state index contributed by atoms with van der Waals surface area (Å²) in [6, 6.07) is 14.9. The van der Waals surface area contributed by atoms with Crippen molar-refractivity contribution >= 4 is 23.6 Å². The highest BCUT2D eigenvalue weighted by molar-refractivity contribution is 7.98. The number of carbonyl (C=O) groups is 2. The molecule has 1 aliphatic heterocycles. The van der Waals surface area contributed by atoms with Crippen molar-refractivity contribution in [3.05, 3.63) is 65.2 Å². The molecule has 2 aromatic carbocycles. The van der Waals surface area contributed by atoms with Crippen molar-refractivity contribution in [1.82, 2.24) is 15.5 Å². The minimum absolute atomic E-state index is 0.177. The van der Waals surface area contributed by atoms with Crippen LogP contribution in [0.5, 0.6) is 5.75 Å². The first kappa shape index (κ1) is 26.1. The van der Waals surface area contributed by atoms with Gasteiger partial charge < -0.3 is 15.4 Å². The Labute approximate surface area is 207 Å². The Balaban J connectivity index is 1.55. The average Bonchev–Trinajstić information content (AvgIpc) is 2.85. The molecular weight excluding hydrogens is 446 g/mol. The lowest BCUT2D eigenvalue weighted by Gasteiger charge is -2.30. The number of ether oxygens (including phenoxy) is 1. The number of benzene rings is 2. The average molecular weight is 484 g/mol. The Kier molecular flexibility index (Phi) is 10.3. The van der Waals surface area contributed by atoms with Crippen LogP contribution in [0.3, 0.4) is 0 Å². The van der Waals surface area contributed by atoms with Gasteiger partial charge in [-0.3, -0.25) is 14.5 Å². The number of hydrogen-bond acceptors (Lipinski definition) is 5. The number of nitrogens with one attached hydrogen (secondary N) is 2. The normalized spacial score (nSPS) is 17.1. The number of carbonyl (C=O) groups excluding carboxylic acids is 2. The van der Waals surface area contributed by atoms with Crippen molar-refractivity contribution in [3.63, 3.8) is 0 Å². The third kappa shape index (κ3) is 7.77. The highest BCUT2D eigenvalue weighted by Gasteiger charge is 2.22. The summed E-state index contributed by atoms with van der Waals surface area (Å²) >= 11 is 1.65. The van der Waals surface area contributed by atoms with Gasteiger partial charge in [-0.05, 0) is 67.0 Å². The minimum atomic E-state index is -0.606. The second-order valence-electron chi connectivity index (χ2n) is 9.02. The third-order valence-corrected chi connectivity index (χ3v) is 6.87. The predicted molar refractivity (Wildman–Crippen MR) is 139 cm³/mol. The van der Waals surface area contributed by atoms with Crippen LogP contribution in [0.15, 0.2) is 48.5 Å². The fraction of sp³-hybridized carbons (Fsp3) is 0.481. The second kappa shape index (κ2) is 13.4. The first-order valence-corrected chi connectivity index (χ1v) is 13.4. The van der Waals surface area contributed by atoms with E-state index in [9.17, 15) is 9.59 Å². The summed E-state index contributed by atoms with van der Waals surface area (Å²) in [6.07, 6.45) is 5.15. The molecule has 6 nitrogen and oxygen atoms in total. The lowest BCUT2D eigenvalue weighted by molar-refractivity contribution is -0.123. The molecule has 1 heterocycles. The van der Waals surface area contributed by atoms with Gasteiger partial charge in [0.05, 0.1) is 12.7 Å². The molecule has 2 N–H and O–H groups in total. The summed E-state index contributed by atoms with van der Waals surface area (Å²) in [5.74, 6) is 1.54. The molecule has 0 saturated carbocycles. The Hall–Kier alpha value is -2.51. The van der Waals surface area contributed by atoms with Crippen molar-refractivity contribution < 1.29 is 14.3 Å². The molecule has 2 atom stereocenters. The van der Waals surface area contributed by atoms with Gasteiger partial charge in [0.15, 0.2) is 0 Å². The van der Waals surface area contributed by atoms with Crippen LogP contribution in [-0.4, -0.2) is 55.0 Å². The first-order chi connectivity index (χ1) is 16.5. The minimum Gasteiger partial charge on any atom is -0.496 e. The van der Waals surface area contributed by atoms with Gasteiger partial charge in [-0.25, -0.2) is 0 Å². The summed E-state index contributed by atoms with van der Waals surface area (Å²) in [5, 5.41) is 5.88. The molecule has 0 aliphatic carbocycles. The zero-order valence-corrected chi connectivity index (χ0v) is 21.3. The number of rotatable bonds is 11. The van der Waals surface area contributed by atoms with Crippen LogP contribution in [0, 0.1) is 5.92 Å². The molecule has 0 aromatic heterocycles. The molecule has 1 fully saturated rings. The van der Waals surface area contributed by atoms with Gasteiger partial charge in [-0.2, -0.15) is 11.8 Å². The molecular formula is C27H37N3O3S. The van der Waals surface area contributed by atoms with E-state index >= 15 is 0 Å². The third-order valence-electron chi connectivity index (χ3n) is 6.22. The Morgan fingerprint density at radius 1 is 1.15 bits per heavy atom. The Morgan fingerprint density at radius 3 is 2.59 bits per heavy atom. The van der Waals surface area contributed by atoms with E-state index in [-0.39, 0.29) is 11.8 Å². The molecule has 2 unspecified atom stereocenters. The van der Waals surface area contributed by atoms with Gasteiger partial charge in [0.25, 0.3) is 5.91 Å². The fourth-order valence-corrected chi connectivity index (χ4v) is 4.81. The molecule has 1 saturated heterocycles. The second-order valence-corrected chi connectivity index (χ2v) is 10.0. The number of nitrogens with zero attached hydrogens (tertiary/aromatic N) is 1. The smallest absolute Gasteiger partial charge is 0.255 e. The lowest BCUT2D eigenvalue weighted by Crippen LogP contribution is -2.47. The number of para-hydroxylation sites is 1. The van der Waals surface area contributed by atoms with Crippen LogP contribution in [-0.2, 0) is 17.9 Å². The maximum absolute atomic E-state index is 12.9. The number of methoxy groups -OCH3 is 1. The zero-order valence-electron chi connectivity index (χ0n) is 20.5. The zero-order chi connectivity index (χ0) is 24.3. The number of likely N-dealkylation sites (tertiary alicyclic amines) is 1. The van der Waals surface area contributed by atoms with Gasteiger partial charge >= 0.3 is 0 Å². The maximum atomic E-state index is 12.9. The molecule has 2 amide bonds. The van der Waals surface area contributed by atoms with E-state index in [1.54, 1.807) is 30.0 Å². The molecule has 0 radical (unpaired) electrons. The molecule has 2 aromatic rings. The lowest BCUT2D eigenvalue weighted by atomic mass is 9.99. The number of thioether (sulfide) groups is 1.